The summed E-state index contributed by atoms with van der Waals surface area (Å²) >= 11 is 1.67. The van der Waals surface area contributed by atoms with Crippen molar-refractivity contribution in [3.8, 4) is 0 Å². The van der Waals surface area contributed by atoms with Gasteiger partial charge in [0.05, 0.1) is 5.69 Å². The third-order valence-corrected chi connectivity index (χ3v) is 5.27. The Morgan fingerprint density at radius 2 is 2.19 bits per heavy atom. The number of aromatic nitrogens is 1. The van der Waals surface area contributed by atoms with Crippen molar-refractivity contribution in [2.75, 3.05) is 24.6 Å². The Hall–Kier alpha value is -1.14. The van der Waals surface area contributed by atoms with Gasteiger partial charge in [0.1, 0.15) is 0 Å². The maximum Gasteiger partial charge on any atom is 0.223 e. The van der Waals surface area contributed by atoms with Crippen LogP contribution < -0.4 is 10.2 Å². The molecule has 0 bridgehead atoms. The number of anilines is 1. The lowest BCUT2D eigenvalue weighted by Gasteiger charge is -2.32. The van der Waals surface area contributed by atoms with Gasteiger partial charge in [-0.1, -0.05) is 6.92 Å². The lowest BCUT2D eigenvalue weighted by Crippen LogP contribution is -2.45. The van der Waals surface area contributed by atoms with E-state index in [0.717, 1.165) is 36.8 Å². The average molecular weight is 311 g/mol. The monoisotopic (exact) mass is 311 g/mol. The van der Waals surface area contributed by atoms with Crippen molar-refractivity contribution in [1.29, 1.82) is 0 Å². The van der Waals surface area contributed by atoms with Crippen molar-refractivity contribution >= 4 is 22.4 Å². The van der Waals surface area contributed by atoms with Crippen LogP contribution in [0.1, 0.15) is 32.4 Å². The molecule has 1 aliphatic heterocycles. The Kier molecular flexibility index (Phi) is 5.58. The van der Waals surface area contributed by atoms with Crippen LogP contribution in [0.2, 0.25) is 0 Å². The fourth-order valence-electron chi connectivity index (χ4n) is 2.46. The summed E-state index contributed by atoms with van der Waals surface area (Å²) in [7, 11) is 0. The lowest BCUT2D eigenvalue weighted by atomic mass is 9.95. The molecule has 21 heavy (non-hydrogen) atoms. The maximum atomic E-state index is 12.3. The van der Waals surface area contributed by atoms with Crippen molar-refractivity contribution in [3.63, 3.8) is 0 Å². The van der Waals surface area contributed by atoms with E-state index in [0.29, 0.717) is 0 Å². The van der Waals surface area contributed by atoms with Gasteiger partial charge in [-0.25, -0.2) is 4.98 Å². The van der Waals surface area contributed by atoms with E-state index in [4.69, 9.17) is 5.11 Å². The zero-order chi connectivity index (χ0) is 15.4. The second kappa shape index (κ2) is 7.22. The number of piperidine rings is 1. The van der Waals surface area contributed by atoms with Crippen molar-refractivity contribution in [2.45, 2.75) is 39.7 Å². The number of nitrogens with zero attached hydrogens (tertiary/aromatic N) is 2. The molecule has 1 aliphatic rings. The van der Waals surface area contributed by atoms with Crippen molar-refractivity contribution in [1.82, 2.24) is 10.3 Å². The Labute approximate surface area is 130 Å². The molecule has 6 heteroatoms. The van der Waals surface area contributed by atoms with Crippen molar-refractivity contribution in [3.05, 3.63) is 11.1 Å². The fourth-order valence-corrected chi connectivity index (χ4v) is 3.32. The molecule has 1 aromatic rings. The first-order valence-electron chi connectivity index (χ1n) is 7.59. The summed E-state index contributed by atoms with van der Waals surface area (Å²) in [5.41, 5.74) is 1.06. The van der Waals surface area contributed by atoms with E-state index < -0.39 is 0 Å². The number of carbonyl (C=O) groups is 1. The molecular weight excluding hydrogens is 286 g/mol. The van der Waals surface area contributed by atoms with Gasteiger partial charge < -0.3 is 15.3 Å². The SMILES string of the molecule is Cc1csc(N2CCC(C(=O)NC(C)C(C)CO)CC2)n1. The molecule has 118 valence electrons. The highest BCUT2D eigenvalue weighted by Crippen LogP contribution is 2.26. The van der Waals surface area contributed by atoms with E-state index >= 15 is 0 Å². The molecule has 0 aromatic carbocycles. The maximum absolute atomic E-state index is 12.3. The summed E-state index contributed by atoms with van der Waals surface area (Å²) in [6, 6.07) is 0.0159. The zero-order valence-corrected chi connectivity index (χ0v) is 13.8. The number of aliphatic hydroxyl groups excluding tert-OH is 1. The minimum Gasteiger partial charge on any atom is -0.396 e. The highest BCUT2D eigenvalue weighted by atomic mass is 32.1. The molecule has 1 saturated heterocycles. The van der Waals surface area contributed by atoms with Gasteiger partial charge in [0.25, 0.3) is 0 Å². The third kappa shape index (κ3) is 4.17. The number of aryl methyl sites for hydroxylation is 1. The van der Waals surface area contributed by atoms with Crippen LogP contribution in [0, 0.1) is 18.8 Å². The summed E-state index contributed by atoms with van der Waals surface area (Å²) < 4.78 is 0. The Balaban J connectivity index is 1.82. The van der Waals surface area contributed by atoms with Gasteiger partial charge in [-0.2, -0.15) is 0 Å². The van der Waals surface area contributed by atoms with Crippen LogP contribution in [0.3, 0.4) is 0 Å². The van der Waals surface area contributed by atoms with Gasteiger partial charge in [0, 0.05) is 37.0 Å². The number of hydrogen-bond acceptors (Lipinski definition) is 5. The molecule has 0 radical (unpaired) electrons. The summed E-state index contributed by atoms with van der Waals surface area (Å²) in [5.74, 6) is 0.292. The fraction of sp³-hybridized carbons (Fsp3) is 0.733. The van der Waals surface area contributed by atoms with Gasteiger partial charge >= 0.3 is 0 Å². The Bertz CT molecular complexity index is 469. The van der Waals surface area contributed by atoms with E-state index in [-0.39, 0.29) is 30.4 Å². The minimum atomic E-state index is 0.0159. The van der Waals surface area contributed by atoms with E-state index in [9.17, 15) is 4.79 Å². The molecule has 1 fully saturated rings. The van der Waals surface area contributed by atoms with E-state index in [1.54, 1.807) is 11.3 Å². The van der Waals surface area contributed by atoms with Gasteiger partial charge in [0.15, 0.2) is 5.13 Å². The zero-order valence-electron chi connectivity index (χ0n) is 13.0. The van der Waals surface area contributed by atoms with Crippen LogP contribution in [-0.2, 0) is 4.79 Å². The average Bonchev–Trinajstić information content (AvgIpc) is 2.93. The second-order valence-corrected chi connectivity index (χ2v) is 6.83. The molecule has 1 amide bonds. The van der Waals surface area contributed by atoms with Gasteiger partial charge in [0.2, 0.25) is 5.91 Å². The minimum absolute atomic E-state index is 0.0159. The quantitative estimate of drug-likeness (QED) is 0.870. The van der Waals surface area contributed by atoms with E-state index in [1.807, 2.05) is 20.8 Å². The largest absolute Gasteiger partial charge is 0.396 e. The van der Waals surface area contributed by atoms with Crippen LogP contribution in [-0.4, -0.2) is 41.7 Å². The smallest absolute Gasteiger partial charge is 0.223 e. The predicted octanol–water partition coefficient (Wildman–Crippen LogP) is 1.80. The molecule has 2 N–H and O–H groups in total. The summed E-state index contributed by atoms with van der Waals surface area (Å²) in [4.78, 5) is 19.0. The highest BCUT2D eigenvalue weighted by Gasteiger charge is 2.27. The number of thiazole rings is 1. The molecule has 1 aromatic heterocycles. The second-order valence-electron chi connectivity index (χ2n) is 5.99. The molecule has 2 rings (SSSR count). The van der Waals surface area contributed by atoms with Crippen LogP contribution in [0.4, 0.5) is 5.13 Å². The van der Waals surface area contributed by atoms with Gasteiger partial charge in [-0.05, 0) is 32.6 Å². The van der Waals surface area contributed by atoms with Crippen LogP contribution >= 0.6 is 11.3 Å². The van der Waals surface area contributed by atoms with Crippen LogP contribution in [0.15, 0.2) is 5.38 Å². The molecule has 0 spiro atoms. The van der Waals surface area contributed by atoms with Crippen LogP contribution in [0.5, 0.6) is 0 Å². The first-order valence-corrected chi connectivity index (χ1v) is 8.47. The van der Waals surface area contributed by atoms with Gasteiger partial charge in [-0.3, -0.25) is 4.79 Å². The van der Waals surface area contributed by atoms with Gasteiger partial charge in [-0.15, -0.1) is 11.3 Å². The van der Waals surface area contributed by atoms with Crippen molar-refractivity contribution < 1.29 is 9.90 Å². The molecule has 2 heterocycles. The molecular formula is C15H25N3O2S. The lowest BCUT2D eigenvalue weighted by molar-refractivity contribution is -0.126. The predicted molar refractivity (Wildman–Crippen MR) is 85.6 cm³/mol. The van der Waals surface area contributed by atoms with E-state index in [2.05, 4.69) is 20.6 Å². The summed E-state index contributed by atoms with van der Waals surface area (Å²) in [5, 5.41) is 15.3. The van der Waals surface area contributed by atoms with E-state index in [1.165, 1.54) is 0 Å². The normalized spacial score (nSPS) is 19.3. The topological polar surface area (TPSA) is 65.5 Å². The summed E-state index contributed by atoms with van der Waals surface area (Å²) in [6.45, 7) is 7.77. The number of rotatable bonds is 5. The molecule has 0 aliphatic carbocycles. The molecule has 2 atom stereocenters. The Morgan fingerprint density at radius 3 is 2.71 bits per heavy atom. The van der Waals surface area contributed by atoms with Crippen LogP contribution in [0.25, 0.3) is 0 Å². The first-order chi connectivity index (χ1) is 10.0. The summed E-state index contributed by atoms with van der Waals surface area (Å²) in [6.07, 6.45) is 1.73. The Morgan fingerprint density at radius 1 is 1.52 bits per heavy atom. The number of carbonyl (C=O) groups excluding carboxylic acids is 1. The number of aliphatic hydroxyl groups is 1. The molecule has 5 nitrogen and oxygen atoms in total. The first kappa shape index (κ1) is 16.2. The van der Waals surface area contributed by atoms with Crippen molar-refractivity contribution in [2.24, 2.45) is 11.8 Å². The highest BCUT2D eigenvalue weighted by molar-refractivity contribution is 7.13. The molecule has 2 unspecified atom stereocenters. The molecule has 0 saturated carbocycles. The number of hydrogen-bond donors (Lipinski definition) is 2. The number of amides is 1. The third-order valence-electron chi connectivity index (χ3n) is 4.25. The number of nitrogens with one attached hydrogen (secondary N) is 1. The standard InChI is InChI=1S/C15H25N3O2S/c1-10(8-19)12(3)17-14(20)13-4-6-18(7-5-13)15-16-11(2)9-21-15/h9-10,12-13,19H,4-8H2,1-3H3,(H,17,20).